The second-order valence-corrected chi connectivity index (χ2v) is 4.48. The van der Waals surface area contributed by atoms with Crippen molar-refractivity contribution in [2.45, 2.75) is 6.92 Å². The Kier molecular flexibility index (Phi) is 3.09. The van der Waals surface area contributed by atoms with Crippen LogP contribution in [0.5, 0.6) is 0 Å². The molecule has 0 atom stereocenters. The van der Waals surface area contributed by atoms with Gasteiger partial charge in [-0.3, -0.25) is 4.79 Å². The van der Waals surface area contributed by atoms with Gasteiger partial charge in [0.15, 0.2) is 0 Å². The number of carbonyl (C=O) groups excluding carboxylic acids is 1. The van der Waals surface area contributed by atoms with E-state index in [0.29, 0.717) is 11.4 Å². The molecule has 5 nitrogen and oxygen atoms in total. The van der Waals surface area contributed by atoms with Crippen LogP contribution in [0.3, 0.4) is 0 Å². The number of rotatable bonds is 3. The number of benzene rings is 2. The third kappa shape index (κ3) is 2.33. The van der Waals surface area contributed by atoms with Crippen LogP contribution in [0.15, 0.2) is 48.5 Å². The summed E-state index contributed by atoms with van der Waals surface area (Å²) in [6.45, 7) is 2.03. The van der Waals surface area contributed by atoms with Crippen molar-refractivity contribution in [2.75, 3.05) is 0 Å². The summed E-state index contributed by atoms with van der Waals surface area (Å²) in [5.41, 5.74) is 3.49. The van der Waals surface area contributed by atoms with E-state index in [9.17, 15) is 4.79 Å². The summed E-state index contributed by atoms with van der Waals surface area (Å²) < 4.78 is 0. The van der Waals surface area contributed by atoms with E-state index in [4.69, 9.17) is 0 Å². The molecule has 0 fully saturated rings. The maximum Gasteiger partial charge on any atom is 0.205 e. The van der Waals surface area contributed by atoms with Gasteiger partial charge in [-0.25, -0.2) is 0 Å². The van der Waals surface area contributed by atoms with Crippen molar-refractivity contribution >= 4 is 6.29 Å². The molecular weight excluding hydrogens is 252 g/mol. The molecule has 1 aromatic heterocycles. The van der Waals surface area contributed by atoms with Crippen LogP contribution in [-0.4, -0.2) is 26.5 Å². The Morgan fingerprint density at radius 1 is 1.00 bits per heavy atom. The van der Waals surface area contributed by atoms with Gasteiger partial charge in [-0.15, -0.1) is 15.0 Å². The Bertz CT molecular complexity index is 729. The average Bonchev–Trinajstić information content (AvgIpc) is 2.98. The summed E-state index contributed by atoms with van der Waals surface area (Å²) in [7, 11) is 0. The summed E-state index contributed by atoms with van der Waals surface area (Å²) >= 11 is 0. The van der Waals surface area contributed by atoms with E-state index < -0.39 is 0 Å². The fraction of sp³-hybridized carbons (Fsp3) is 0.0667. The van der Waals surface area contributed by atoms with Crippen LogP contribution in [0.2, 0.25) is 0 Å². The van der Waals surface area contributed by atoms with Crippen molar-refractivity contribution in [1.82, 2.24) is 20.2 Å². The summed E-state index contributed by atoms with van der Waals surface area (Å²) in [5.74, 6) is 0.574. The lowest BCUT2D eigenvalue weighted by Crippen LogP contribution is -1.99. The highest BCUT2D eigenvalue weighted by atomic mass is 16.1. The molecule has 0 saturated carbocycles. The number of aromatic nitrogens is 4. The fourth-order valence-electron chi connectivity index (χ4n) is 1.83. The summed E-state index contributed by atoms with van der Waals surface area (Å²) in [4.78, 5) is 12.1. The van der Waals surface area contributed by atoms with Gasteiger partial charge in [0.05, 0.1) is 5.69 Å². The van der Waals surface area contributed by atoms with Crippen molar-refractivity contribution in [1.29, 1.82) is 0 Å². The highest BCUT2D eigenvalue weighted by Gasteiger charge is 2.06. The van der Waals surface area contributed by atoms with Crippen LogP contribution in [0.1, 0.15) is 15.9 Å². The maximum absolute atomic E-state index is 10.6. The zero-order chi connectivity index (χ0) is 13.9. The van der Waals surface area contributed by atoms with Gasteiger partial charge in [0.25, 0.3) is 0 Å². The Morgan fingerprint density at radius 3 is 2.35 bits per heavy atom. The number of hydrogen-bond acceptors (Lipinski definition) is 4. The van der Waals surface area contributed by atoms with Crippen LogP contribution in [-0.2, 0) is 0 Å². The molecule has 98 valence electrons. The van der Waals surface area contributed by atoms with Gasteiger partial charge in [-0.05, 0) is 36.4 Å². The first-order valence-corrected chi connectivity index (χ1v) is 6.19. The predicted octanol–water partition coefficient (Wildman–Crippen LogP) is 2.45. The van der Waals surface area contributed by atoms with Crippen LogP contribution in [0.4, 0.5) is 0 Å². The summed E-state index contributed by atoms with van der Waals surface area (Å²) in [6, 6.07) is 14.9. The third-order valence-corrected chi connectivity index (χ3v) is 2.98. The monoisotopic (exact) mass is 264 g/mol. The second kappa shape index (κ2) is 5.05. The molecule has 1 heterocycles. The number of aryl methyl sites for hydroxylation is 1. The van der Waals surface area contributed by atoms with Crippen LogP contribution < -0.4 is 0 Å². The lowest BCUT2D eigenvalue weighted by molar-refractivity contribution is 0.112. The lowest BCUT2D eigenvalue weighted by atomic mass is 10.1. The number of carbonyl (C=O) groups is 1. The van der Waals surface area contributed by atoms with E-state index in [-0.39, 0.29) is 0 Å². The van der Waals surface area contributed by atoms with Crippen LogP contribution in [0, 0.1) is 6.92 Å². The summed E-state index contributed by atoms with van der Waals surface area (Å²) in [6.07, 6.45) is 0.802. The Labute approximate surface area is 115 Å². The zero-order valence-corrected chi connectivity index (χ0v) is 10.9. The molecule has 5 heteroatoms. The van der Waals surface area contributed by atoms with Gasteiger partial charge in [0.1, 0.15) is 6.29 Å². The Hall–Kier alpha value is -2.82. The molecule has 0 N–H and O–H groups in total. The minimum absolute atomic E-state index is 0.574. The zero-order valence-electron chi connectivity index (χ0n) is 10.9. The molecular formula is C15H12N4O. The number of tetrazole rings is 1. The molecule has 0 amide bonds. The quantitative estimate of drug-likeness (QED) is 0.682. The van der Waals surface area contributed by atoms with Crippen molar-refractivity contribution in [3.05, 3.63) is 59.7 Å². The lowest BCUT2D eigenvalue weighted by Gasteiger charge is -1.98. The topological polar surface area (TPSA) is 60.7 Å². The molecule has 0 radical (unpaired) electrons. The van der Waals surface area contributed by atoms with E-state index in [0.717, 1.165) is 17.5 Å². The minimum Gasteiger partial charge on any atom is -0.298 e. The van der Waals surface area contributed by atoms with Gasteiger partial charge in [-0.1, -0.05) is 29.8 Å². The standard InChI is InChI=1S/C15H12N4O/c1-11-2-6-13(7-3-11)15-16-18-19(17-15)14-8-4-12(10-20)5-9-14/h2-10H,1H3. The maximum atomic E-state index is 10.6. The first-order chi connectivity index (χ1) is 9.76. The van der Waals surface area contributed by atoms with Gasteiger partial charge in [-0.2, -0.15) is 0 Å². The Balaban J connectivity index is 1.92. The van der Waals surface area contributed by atoms with Crippen molar-refractivity contribution in [3.8, 4) is 17.1 Å². The molecule has 0 aliphatic rings. The van der Waals surface area contributed by atoms with Gasteiger partial charge in [0, 0.05) is 11.1 Å². The van der Waals surface area contributed by atoms with Gasteiger partial charge in [0.2, 0.25) is 5.82 Å². The average molecular weight is 264 g/mol. The largest absolute Gasteiger partial charge is 0.298 e. The number of nitrogens with zero attached hydrogens (tertiary/aromatic N) is 4. The molecule has 3 rings (SSSR count). The molecule has 3 aromatic rings. The van der Waals surface area contributed by atoms with E-state index >= 15 is 0 Å². The first kappa shape index (κ1) is 12.2. The molecule has 2 aromatic carbocycles. The molecule has 0 aliphatic heterocycles. The fourth-order valence-corrected chi connectivity index (χ4v) is 1.83. The molecule has 0 saturated heterocycles. The smallest absolute Gasteiger partial charge is 0.205 e. The second-order valence-electron chi connectivity index (χ2n) is 4.48. The highest BCUT2D eigenvalue weighted by Crippen LogP contribution is 2.15. The van der Waals surface area contributed by atoms with Gasteiger partial charge < -0.3 is 0 Å². The van der Waals surface area contributed by atoms with Gasteiger partial charge >= 0.3 is 0 Å². The third-order valence-electron chi connectivity index (χ3n) is 2.98. The Morgan fingerprint density at radius 2 is 1.70 bits per heavy atom. The molecule has 0 bridgehead atoms. The van der Waals surface area contributed by atoms with Crippen LogP contribution in [0.25, 0.3) is 17.1 Å². The molecule has 0 aliphatic carbocycles. The van der Waals surface area contributed by atoms with Crippen molar-refractivity contribution in [3.63, 3.8) is 0 Å². The molecule has 20 heavy (non-hydrogen) atoms. The first-order valence-electron chi connectivity index (χ1n) is 6.19. The number of hydrogen-bond donors (Lipinski definition) is 0. The van der Waals surface area contributed by atoms with E-state index in [1.54, 1.807) is 24.3 Å². The predicted molar refractivity (Wildman–Crippen MR) is 74.7 cm³/mol. The number of aldehydes is 1. The minimum atomic E-state index is 0.574. The summed E-state index contributed by atoms with van der Waals surface area (Å²) in [5, 5.41) is 12.4. The highest BCUT2D eigenvalue weighted by molar-refractivity contribution is 5.75. The SMILES string of the molecule is Cc1ccc(-c2nnn(-c3ccc(C=O)cc3)n2)cc1. The van der Waals surface area contributed by atoms with E-state index in [2.05, 4.69) is 15.4 Å². The van der Waals surface area contributed by atoms with Crippen LogP contribution >= 0.6 is 0 Å². The molecule has 0 spiro atoms. The van der Waals surface area contributed by atoms with E-state index in [1.165, 1.54) is 10.4 Å². The normalized spacial score (nSPS) is 10.4. The van der Waals surface area contributed by atoms with E-state index in [1.807, 2.05) is 31.2 Å². The molecule has 0 unspecified atom stereocenters. The van der Waals surface area contributed by atoms with Crippen molar-refractivity contribution < 1.29 is 4.79 Å². The van der Waals surface area contributed by atoms with Crippen molar-refractivity contribution in [2.24, 2.45) is 0 Å².